The molecule has 22 heavy (non-hydrogen) atoms. The highest BCUT2D eigenvalue weighted by molar-refractivity contribution is 6.35. The largest absolute Gasteiger partial charge is 0.462 e. The van der Waals surface area contributed by atoms with Crippen molar-refractivity contribution in [1.82, 2.24) is 0 Å². The van der Waals surface area contributed by atoms with Crippen molar-refractivity contribution in [3.05, 3.63) is 27.7 Å². The van der Waals surface area contributed by atoms with Crippen molar-refractivity contribution in [3.63, 3.8) is 0 Å². The highest BCUT2D eigenvalue weighted by Gasteiger charge is 2.27. The van der Waals surface area contributed by atoms with Crippen LogP contribution in [0.4, 0.5) is 0 Å². The van der Waals surface area contributed by atoms with Crippen LogP contribution in [-0.2, 0) is 20.7 Å². The van der Waals surface area contributed by atoms with Crippen LogP contribution in [0.1, 0.15) is 31.7 Å². The molecule has 5 nitrogen and oxygen atoms in total. The van der Waals surface area contributed by atoms with Gasteiger partial charge in [-0.05, 0) is 25.0 Å². The molecule has 120 valence electrons. The van der Waals surface area contributed by atoms with E-state index in [1.54, 1.807) is 6.07 Å². The minimum atomic E-state index is -0.681. The zero-order valence-corrected chi connectivity index (χ0v) is 13.5. The summed E-state index contributed by atoms with van der Waals surface area (Å²) in [5.74, 6) is -0.585. The van der Waals surface area contributed by atoms with E-state index >= 15 is 0 Å². The van der Waals surface area contributed by atoms with E-state index in [1.807, 2.05) is 0 Å². The molecule has 2 unspecified atom stereocenters. The Morgan fingerprint density at radius 3 is 2.82 bits per heavy atom. The van der Waals surface area contributed by atoms with Gasteiger partial charge in [0.25, 0.3) is 0 Å². The topological polar surface area (TPSA) is 72.8 Å². The molecule has 1 aliphatic rings. The maximum atomic E-state index is 11.3. The number of hydrogen-bond donors (Lipinski definition) is 1. The van der Waals surface area contributed by atoms with Crippen molar-refractivity contribution < 1.29 is 24.2 Å². The molecule has 2 rings (SSSR count). The van der Waals surface area contributed by atoms with Gasteiger partial charge in [0.1, 0.15) is 11.9 Å². The first kappa shape index (κ1) is 17.1. The maximum absolute atomic E-state index is 11.3. The average Bonchev–Trinajstić information content (AvgIpc) is 2.35. The monoisotopic (exact) mass is 346 g/mol. The van der Waals surface area contributed by atoms with Crippen molar-refractivity contribution >= 4 is 35.1 Å². The number of ether oxygens (including phenoxy) is 2. The molecule has 1 aromatic carbocycles. The predicted molar refractivity (Wildman–Crippen MR) is 81.2 cm³/mol. The molecule has 1 heterocycles. The first-order valence-corrected chi connectivity index (χ1v) is 7.64. The van der Waals surface area contributed by atoms with Crippen molar-refractivity contribution in [2.24, 2.45) is 0 Å². The normalized spacial score (nSPS) is 21.4. The fourth-order valence-corrected chi connectivity index (χ4v) is 2.98. The van der Waals surface area contributed by atoms with E-state index in [2.05, 4.69) is 0 Å². The van der Waals surface area contributed by atoms with Crippen LogP contribution in [0, 0.1) is 0 Å². The van der Waals surface area contributed by atoms with Crippen molar-refractivity contribution in [2.75, 3.05) is 0 Å². The van der Waals surface area contributed by atoms with Crippen LogP contribution < -0.4 is 4.74 Å². The van der Waals surface area contributed by atoms with E-state index in [-0.39, 0.29) is 12.5 Å². The first-order valence-electron chi connectivity index (χ1n) is 6.89. The predicted octanol–water partition coefficient (Wildman–Crippen LogP) is 2.92. The van der Waals surface area contributed by atoms with Crippen molar-refractivity contribution in [3.8, 4) is 5.75 Å². The summed E-state index contributed by atoms with van der Waals surface area (Å²) >= 11 is 12.1. The lowest BCUT2D eigenvalue weighted by atomic mass is 9.99. The Morgan fingerprint density at radius 2 is 2.18 bits per heavy atom. The number of benzene rings is 1. The molecule has 1 aromatic rings. The lowest BCUT2D eigenvalue weighted by Crippen LogP contribution is -2.32. The van der Waals surface area contributed by atoms with Gasteiger partial charge < -0.3 is 14.6 Å². The summed E-state index contributed by atoms with van der Waals surface area (Å²) < 4.78 is 10.3. The Hall–Kier alpha value is -1.30. The Kier molecular flexibility index (Phi) is 5.67. The molecule has 0 spiro atoms. The molecular weight excluding hydrogens is 331 g/mol. The van der Waals surface area contributed by atoms with Gasteiger partial charge in [0.2, 0.25) is 0 Å². The Balaban J connectivity index is 2.11. The summed E-state index contributed by atoms with van der Waals surface area (Å²) in [5.41, 5.74) is 0.623. The number of carbonyl (C=O) groups is 2. The van der Waals surface area contributed by atoms with Gasteiger partial charge in [0.05, 0.1) is 12.5 Å². The van der Waals surface area contributed by atoms with Crippen LogP contribution in [0.5, 0.6) is 5.75 Å². The summed E-state index contributed by atoms with van der Waals surface area (Å²) in [6.07, 6.45) is 0.256. The first-order chi connectivity index (χ1) is 10.3. The molecule has 0 aromatic heterocycles. The summed E-state index contributed by atoms with van der Waals surface area (Å²) in [7, 11) is 0. The highest BCUT2D eigenvalue weighted by Crippen LogP contribution is 2.33. The van der Waals surface area contributed by atoms with E-state index in [4.69, 9.17) is 32.7 Å². The molecule has 0 aliphatic carbocycles. The third-order valence-electron chi connectivity index (χ3n) is 3.32. The SMILES string of the molecule is CC(=O)Oc1cc(Cl)cc(Cl)c1CCC1CC(O)CC(=O)O1. The van der Waals surface area contributed by atoms with E-state index < -0.39 is 18.0 Å². The Labute approximate surface area is 138 Å². The fraction of sp³-hybridized carbons (Fsp3) is 0.467. The maximum Gasteiger partial charge on any atom is 0.308 e. The second-order valence-corrected chi connectivity index (χ2v) is 6.05. The molecule has 1 aliphatic heterocycles. The lowest BCUT2D eigenvalue weighted by Gasteiger charge is -2.26. The smallest absolute Gasteiger partial charge is 0.308 e. The van der Waals surface area contributed by atoms with Crippen LogP contribution in [0.25, 0.3) is 0 Å². The van der Waals surface area contributed by atoms with Gasteiger partial charge in [-0.25, -0.2) is 0 Å². The number of rotatable bonds is 4. The zero-order chi connectivity index (χ0) is 16.3. The third-order valence-corrected chi connectivity index (χ3v) is 3.88. The fourth-order valence-electron chi connectivity index (χ4n) is 2.41. The van der Waals surface area contributed by atoms with Crippen molar-refractivity contribution in [2.45, 2.75) is 44.8 Å². The summed E-state index contributed by atoms with van der Waals surface area (Å²) in [5, 5.41) is 10.3. The molecule has 1 N–H and O–H groups in total. The second kappa shape index (κ2) is 7.31. The van der Waals surface area contributed by atoms with Gasteiger partial charge >= 0.3 is 11.9 Å². The number of aliphatic hydroxyl groups is 1. The zero-order valence-electron chi connectivity index (χ0n) is 12.0. The standard InChI is InChI=1S/C15H16Cl2O5/c1-8(18)21-14-5-9(16)4-13(17)12(14)3-2-11-6-10(19)7-15(20)22-11/h4-5,10-11,19H,2-3,6-7H2,1H3. The minimum Gasteiger partial charge on any atom is -0.462 e. The van der Waals surface area contributed by atoms with E-state index in [1.165, 1.54) is 13.0 Å². The van der Waals surface area contributed by atoms with Crippen LogP contribution in [-0.4, -0.2) is 29.3 Å². The number of aliphatic hydroxyl groups excluding tert-OH is 1. The molecule has 1 fully saturated rings. The van der Waals surface area contributed by atoms with Gasteiger partial charge in [-0.1, -0.05) is 23.2 Å². The summed E-state index contributed by atoms with van der Waals surface area (Å²) in [4.78, 5) is 22.5. The van der Waals surface area contributed by atoms with Crippen LogP contribution in [0.15, 0.2) is 12.1 Å². The summed E-state index contributed by atoms with van der Waals surface area (Å²) in [6.45, 7) is 1.29. The Bertz CT molecular complexity index is 588. The van der Waals surface area contributed by atoms with Gasteiger partial charge in [-0.15, -0.1) is 0 Å². The molecule has 0 radical (unpaired) electrons. The van der Waals surface area contributed by atoms with E-state index in [0.29, 0.717) is 40.6 Å². The molecule has 0 saturated carbocycles. The quantitative estimate of drug-likeness (QED) is 0.670. The Morgan fingerprint density at radius 1 is 1.45 bits per heavy atom. The van der Waals surface area contributed by atoms with Crippen molar-refractivity contribution in [1.29, 1.82) is 0 Å². The van der Waals surface area contributed by atoms with Crippen LogP contribution >= 0.6 is 23.2 Å². The second-order valence-electron chi connectivity index (χ2n) is 5.20. The third kappa shape index (κ3) is 4.60. The molecule has 0 bridgehead atoms. The number of hydrogen-bond acceptors (Lipinski definition) is 5. The number of cyclic esters (lactones) is 1. The van der Waals surface area contributed by atoms with E-state index in [0.717, 1.165) is 0 Å². The number of esters is 2. The van der Waals surface area contributed by atoms with Gasteiger partial charge in [0.15, 0.2) is 0 Å². The number of carbonyl (C=O) groups excluding carboxylic acids is 2. The highest BCUT2D eigenvalue weighted by atomic mass is 35.5. The molecule has 1 saturated heterocycles. The van der Waals surface area contributed by atoms with Crippen LogP contribution in [0.2, 0.25) is 10.0 Å². The van der Waals surface area contributed by atoms with Gasteiger partial charge in [-0.2, -0.15) is 0 Å². The minimum absolute atomic E-state index is 0.0247. The lowest BCUT2D eigenvalue weighted by molar-refractivity contribution is -0.160. The molecule has 7 heteroatoms. The molecular formula is C15H16Cl2O5. The number of halogens is 2. The van der Waals surface area contributed by atoms with E-state index in [9.17, 15) is 14.7 Å². The molecule has 0 amide bonds. The van der Waals surface area contributed by atoms with Crippen LogP contribution in [0.3, 0.4) is 0 Å². The average molecular weight is 347 g/mol. The van der Waals surface area contributed by atoms with Gasteiger partial charge in [0, 0.05) is 29.0 Å². The van der Waals surface area contributed by atoms with Gasteiger partial charge in [-0.3, -0.25) is 9.59 Å². The molecule has 2 atom stereocenters. The summed E-state index contributed by atoms with van der Waals surface area (Å²) in [6, 6.07) is 3.08.